The Hall–Kier alpha value is -3.45. The van der Waals surface area contributed by atoms with E-state index in [1.165, 1.54) is 0 Å². The molecule has 146 valence electrons. The number of para-hydroxylation sites is 1. The Labute approximate surface area is 171 Å². The highest BCUT2D eigenvalue weighted by molar-refractivity contribution is 6.33. The second-order valence-corrected chi connectivity index (χ2v) is 6.61. The van der Waals surface area contributed by atoms with Crippen molar-refractivity contribution in [2.75, 3.05) is 6.61 Å². The minimum atomic E-state index is -1.28. The Morgan fingerprint density at radius 1 is 1.34 bits per heavy atom. The van der Waals surface area contributed by atoms with Crippen molar-refractivity contribution in [1.29, 1.82) is 0 Å². The van der Waals surface area contributed by atoms with Crippen LogP contribution in [0.1, 0.15) is 12.5 Å². The first kappa shape index (κ1) is 18.9. The second kappa shape index (κ2) is 7.89. The van der Waals surface area contributed by atoms with E-state index < -0.39 is 17.7 Å². The Kier molecular flexibility index (Phi) is 5.14. The number of ether oxygens (including phenoxy) is 2. The molecular formula is C21H16ClN3O4. The number of carbonyl (C=O) groups is 2. The van der Waals surface area contributed by atoms with Crippen LogP contribution in [0.2, 0.25) is 5.02 Å². The largest absolute Gasteiger partial charge is 0.465 e. The lowest BCUT2D eigenvalue weighted by atomic mass is 10.0. The lowest BCUT2D eigenvalue weighted by Crippen LogP contribution is -2.27. The molecule has 7 nitrogen and oxygen atoms in total. The van der Waals surface area contributed by atoms with Gasteiger partial charge in [-0.1, -0.05) is 23.7 Å². The zero-order valence-corrected chi connectivity index (χ0v) is 16.1. The van der Waals surface area contributed by atoms with E-state index in [4.69, 9.17) is 21.1 Å². The summed E-state index contributed by atoms with van der Waals surface area (Å²) in [5.74, 6) is -2.58. The third-order valence-electron chi connectivity index (χ3n) is 4.34. The SMILES string of the molecule is CCOC(=O)C1C(=O)/C(=C/c2c[nH]c3ncccc23)OC1=Nc1ccccc1Cl. The summed E-state index contributed by atoms with van der Waals surface area (Å²) in [6, 6.07) is 10.5. The number of esters is 1. The van der Waals surface area contributed by atoms with Crippen LogP contribution in [-0.4, -0.2) is 34.2 Å². The molecule has 4 rings (SSSR count). The molecule has 3 aromatic rings. The maximum Gasteiger partial charge on any atom is 0.326 e. The molecule has 1 N–H and O–H groups in total. The Morgan fingerprint density at radius 2 is 2.17 bits per heavy atom. The van der Waals surface area contributed by atoms with Gasteiger partial charge in [0.1, 0.15) is 5.65 Å². The summed E-state index contributed by atoms with van der Waals surface area (Å²) in [4.78, 5) is 36.9. The van der Waals surface area contributed by atoms with Gasteiger partial charge in [-0.15, -0.1) is 0 Å². The lowest BCUT2D eigenvalue weighted by molar-refractivity contribution is -0.147. The number of halogens is 1. The summed E-state index contributed by atoms with van der Waals surface area (Å²) >= 11 is 6.15. The third kappa shape index (κ3) is 3.64. The molecule has 1 aromatic carbocycles. The van der Waals surface area contributed by atoms with Crippen molar-refractivity contribution >= 4 is 52.0 Å². The number of allylic oxidation sites excluding steroid dienone is 1. The first-order valence-electron chi connectivity index (χ1n) is 8.94. The maximum atomic E-state index is 12.9. The number of rotatable bonds is 4. The van der Waals surface area contributed by atoms with Gasteiger partial charge < -0.3 is 14.5 Å². The van der Waals surface area contributed by atoms with Crippen molar-refractivity contribution in [3.05, 3.63) is 65.1 Å². The molecule has 0 amide bonds. The number of pyridine rings is 1. The van der Waals surface area contributed by atoms with E-state index in [0.717, 1.165) is 5.39 Å². The van der Waals surface area contributed by atoms with E-state index in [9.17, 15) is 9.59 Å². The van der Waals surface area contributed by atoms with Gasteiger partial charge in [0.2, 0.25) is 11.7 Å². The van der Waals surface area contributed by atoms with Crippen molar-refractivity contribution in [2.45, 2.75) is 6.92 Å². The second-order valence-electron chi connectivity index (χ2n) is 6.21. The number of benzene rings is 1. The Morgan fingerprint density at radius 3 is 2.97 bits per heavy atom. The first-order chi connectivity index (χ1) is 14.1. The fourth-order valence-electron chi connectivity index (χ4n) is 3.00. The summed E-state index contributed by atoms with van der Waals surface area (Å²) in [6.45, 7) is 1.80. The number of Topliss-reactive ketones (excluding diaryl/α,β-unsaturated/α-hetero) is 1. The van der Waals surface area contributed by atoms with Crippen LogP contribution in [0.25, 0.3) is 17.1 Å². The third-order valence-corrected chi connectivity index (χ3v) is 4.66. The minimum absolute atomic E-state index is 0.00129. The Bertz CT molecular complexity index is 1170. The number of carbonyl (C=O) groups excluding carboxylic acids is 2. The van der Waals surface area contributed by atoms with Gasteiger partial charge in [0.05, 0.1) is 17.3 Å². The number of ketones is 1. The van der Waals surface area contributed by atoms with Crippen LogP contribution in [0, 0.1) is 5.92 Å². The van der Waals surface area contributed by atoms with Gasteiger partial charge in [-0.2, -0.15) is 0 Å². The van der Waals surface area contributed by atoms with Crippen LogP contribution in [0.3, 0.4) is 0 Å². The molecule has 1 saturated heterocycles. The monoisotopic (exact) mass is 409 g/mol. The van der Waals surface area contributed by atoms with Gasteiger partial charge in [-0.05, 0) is 37.3 Å². The van der Waals surface area contributed by atoms with E-state index in [1.807, 2.05) is 6.07 Å². The maximum absolute atomic E-state index is 12.9. The number of hydrogen-bond donors (Lipinski definition) is 1. The van der Waals surface area contributed by atoms with Crippen LogP contribution < -0.4 is 0 Å². The highest BCUT2D eigenvalue weighted by Gasteiger charge is 2.44. The van der Waals surface area contributed by atoms with Crippen molar-refractivity contribution in [1.82, 2.24) is 9.97 Å². The molecule has 0 bridgehead atoms. The predicted molar refractivity (Wildman–Crippen MR) is 109 cm³/mol. The molecule has 1 aliphatic heterocycles. The summed E-state index contributed by atoms with van der Waals surface area (Å²) < 4.78 is 10.8. The lowest BCUT2D eigenvalue weighted by Gasteiger charge is -2.06. The quantitative estimate of drug-likeness (QED) is 0.398. The average molecular weight is 410 g/mol. The van der Waals surface area contributed by atoms with E-state index in [2.05, 4.69) is 15.0 Å². The fourth-order valence-corrected chi connectivity index (χ4v) is 3.17. The topological polar surface area (TPSA) is 93.6 Å². The van der Waals surface area contributed by atoms with E-state index in [0.29, 0.717) is 21.9 Å². The molecule has 8 heteroatoms. The number of aliphatic imine (C=N–C) groups is 1. The van der Waals surface area contributed by atoms with Crippen LogP contribution in [0.4, 0.5) is 5.69 Å². The summed E-state index contributed by atoms with van der Waals surface area (Å²) in [5, 5.41) is 1.19. The predicted octanol–water partition coefficient (Wildman–Crippen LogP) is 4.07. The first-order valence-corrected chi connectivity index (χ1v) is 9.32. The zero-order chi connectivity index (χ0) is 20.4. The van der Waals surface area contributed by atoms with Crippen molar-refractivity contribution in [3.63, 3.8) is 0 Å². The van der Waals surface area contributed by atoms with Gasteiger partial charge in [0, 0.05) is 23.3 Å². The molecule has 0 radical (unpaired) electrons. The minimum Gasteiger partial charge on any atom is -0.465 e. The van der Waals surface area contributed by atoms with Gasteiger partial charge in [0.15, 0.2) is 11.7 Å². The molecule has 1 unspecified atom stereocenters. The molecule has 1 aliphatic rings. The molecule has 2 aromatic heterocycles. The molecule has 1 fully saturated rings. The smallest absolute Gasteiger partial charge is 0.326 e. The van der Waals surface area contributed by atoms with E-state index in [-0.39, 0.29) is 18.3 Å². The van der Waals surface area contributed by atoms with Crippen LogP contribution in [0.15, 0.2) is 59.5 Å². The van der Waals surface area contributed by atoms with Gasteiger partial charge in [-0.25, -0.2) is 9.98 Å². The van der Waals surface area contributed by atoms with Crippen LogP contribution in [-0.2, 0) is 19.1 Å². The highest BCUT2D eigenvalue weighted by Crippen LogP contribution is 2.31. The number of aromatic nitrogens is 2. The summed E-state index contributed by atoms with van der Waals surface area (Å²) in [7, 11) is 0. The molecular weight excluding hydrogens is 394 g/mol. The van der Waals surface area contributed by atoms with Crippen LogP contribution >= 0.6 is 11.6 Å². The number of aromatic amines is 1. The normalized spacial score (nSPS) is 19.1. The number of H-pyrrole nitrogens is 1. The number of nitrogens with one attached hydrogen (secondary N) is 1. The van der Waals surface area contributed by atoms with E-state index in [1.54, 1.807) is 55.7 Å². The number of nitrogens with zero attached hydrogens (tertiary/aromatic N) is 2. The van der Waals surface area contributed by atoms with Crippen LogP contribution in [0.5, 0.6) is 0 Å². The summed E-state index contributed by atoms with van der Waals surface area (Å²) in [5.41, 5.74) is 1.78. The average Bonchev–Trinajstić information content (AvgIpc) is 3.25. The molecule has 3 heterocycles. The highest BCUT2D eigenvalue weighted by atomic mass is 35.5. The number of hydrogen-bond acceptors (Lipinski definition) is 6. The molecule has 0 saturated carbocycles. The number of fused-ring (bicyclic) bond motifs is 1. The summed E-state index contributed by atoms with van der Waals surface area (Å²) in [6.07, 6.45) is 4.94. The zero-order valence-electron chi connectivity index (χ0n) is 15.4. The molecule has 1 atom stereocenters. The van der Waals surface area contributed by atoms with Gasteiger partial charge in [0.25, 0.3) is 0 Å². The molecule has 0 aliphatic carbocycles. The van der Waals surface area contributed by atoms with Crippen molar-refractivity contribution in [2.24, 2.45) is 10.9 Å². The molecule has 0 spiro atoms. The standard InChI is InChI=1S/C21H16ClN3O4/c1-2-28-21(27)17-18(26)16(10-12-11-24-19-13(12)6-5-9-23-19)29-20(17)25-15-8-4-3-7-14(15)22/h3-11,17H,2H2,1H3,(H,23,24)/b16-10-,25-20?. The van der Waals surface area contributed by atoms with Crippen molar-refractivity contribution in [3.8, 4) is 0 Å². The molecule has 29 heavy (non-hydrogen) atoms. The Balaban J connectivity index is 1.76. The van der Waals surface area contributed by atoms with E-state index >= 15 is 0 Å². The fraction of sp³-hybridized carbons (Fsp3) is 0.143. The van der Waals surface area contributed by atoms with Crippen molar-refractivity contribution < 1.29 is 19.1 Å². The van der Waals surface area contributed by atoms with Gasteiger partial charge >= 0.3 is 5.97 Å². The van der Waals surface area contributed by atoms with Gasteiger partial charge in [-0.3, -0.25) is 9.59 Å².